The molecule has 3 heteroatoms. The molecule has 1 N–H and O–H groups in total. The van der Waals surface area contributed by atoms with Gasteiger partial charge in [-0.05, 0) is 36.2 Å². The van der Waals surface area contributed by atoms with E-state index in [1.165, 1.54) is 0 Å². The summed E-state index contributed by atoms with van der Waals surface area (Å²) in [6, 6.07) is 12.3. The van der Waals surface area contributed by atoms with Crippen molar-refractivity contribution >= 4 is 21.7 Å². The lowest BCUT2D eigenvalue weighted by Crippen LogP contribution is -2.08. The lowest BCUT2D eigenvalue weighted by molar-refractivity contribution is 0.969. The molecule has 1 aromatic carbocycles. The predicted octanol–water partition coefficient (Wildman–Crippen LogP) is 4.49. The van der Waals surface area contributed by atoms with E-state index < -0.39 is 0 Å². The highest BCUT2D eigenvalue weighted by Gasteiger charge is 2.07. The molecule has 2 nitrogen and oxygen atoms in total. The number of aryl methyl sites for hydroxylation is 1. The molecule has 0 spiro atoms. The number of nitrogens with zero attached hydrogens (tertiary/aromatic N) is 1. The first-order valence-corrected chi connectivity index (χ1v) is 6.55. The molecule has 1 aromatic heterocycles. The quantitative estimate of drug-likeness (QED) is 0.842. The maximum atomic E-state index is 4.34. The van der Waals surface area contributed by atoms with E-state index >= 15 is 0 Å². The molecule has 0 amide bonds. The van der Waals surface area contributed by atoms with Gasteiger partial charge in [-0.3, -0.25) is 0 Å². The maximum absolute atomic E-state index is 4.34. The Hall–Kier alpha value is -1.61. The van der Waals surface area contributed by atoms with Gasteiger partial charge in [-0.15, -0.1) is 6.58 Å². The second-order valence-electron chi connectivity index (χ2n) is 4.13. The largest absolute Gasteiger partial charge is 0.360 e. The van der Waals surface area contributed by atoms with E-state index in [1.807, 2.05) is 43.5 Å². The van der Waals surface area contributed by atoms with Crippen LogP contribution in [0.3, 0.4) is 0 Å². The predicted molar refractivity (Wildman–Crippen MR) is 79.7 cm³/mol. The average molecular weight is 303 g/mol. The fourth-order valence-corrected chi connectivity index (χ4v) is 1.93. The molecular weight excluding hydrogens is 288 g/mol. The van der Waals surface area contributed by atoms with Crippen molar-refractivity contribution in [1.82, 2.24) is 4.98 Å². The first-order chi connectivity index (χ1) is 8.69. The molecule has 2 rings (SSSR count). The number of hydrogen-bond donors (Lipinski definition) is 1. The lowest BCUT2D eigenvalue weighted by atomic mass is 10.1. The number of halogens is 1. The number of benzene rings is 1. The summed E-state index contributed by atoms with van der Waals surface area (Å²) in [6.07, 6.45) is 3.73. The fourth-order valence-electron chi connectivity index (χ4n) is 1.66. The van der Waals surface area contributed by atoms with Gasteiger partial charge in [-0.2, -0.15) is 0 Å². The van der Waals surface area contributed by atoms with Crippen LogP contribution in [0.15, 0.2) is 59.7 Å². The Labute approximate surface area is 116 Å². The Bertz CT molecular complexity index is 517. The van der Waals surface area contributed by atoms with Gasteiger partial charge in [0.25, 0.3) is 0 Å². The van der Waals surface area contributed by atoms with Crippen LogP contribution in [0, 0.1) is 6.92 Å². The van der Waals surface area contributed by atoms with Gasteiger partial charge in [0.15, 0.2) is 0 Å². The Morgan fingerprint density at radius 2 is 1.94 bits per heavy atom. The number of rotatable bonds is 4. The van der Waals surface area contributed by atoms with Crippen LogP contribution in [-0.2, 0) is 0 Å². The molecule has 18 heavy (non-hydrogen) atoms. The third kappa shape index (κ3) is 3.20. The van der Waals surface area contributed by atoms with E-state index in [4.69, 9.17) is 0 Å². The second-order valence-corrected chi connectivity index (χ2v) is 5.05. The fraction of sp³-hybridized carbons (Fsp3) is 0.133. The summed E-state index contributed by atoms with van der Waals surface area (Å²) in [5, 5.41) is 3.35. The minimum absolute atomic E-state index is 0.0632. The summed E-state index contributed by atoms with van der Waals surface area (Å²) in [4.78, 5) is 4.34. The summed E-state index contributed by atoms with van der Waals surface area (Å²) in [7, 11) is 0. The van der Waals surface area contributed by atoms with E-state index in [1.54, 1.807) is 0 Å². The SMILES string of the molecule is C=CC(Nc1ccc(C)cn1)c1ccc(Br)cc1. The van der Waals surface area contributed by atoms with Crippen molar-refractivity contribution in [1.29, 1.82) is 0 Å². The van der Waals surface area contributed by atoms with Crippen LogP contribution >= 0.6 is 15.9 Å². The smallest absolute Gasteiger partial charge is 0.126 e. The van der Waals surface area contributed by atoms with Crippen molar-refractivity contribution in [2.45, 2.75) is 13.0 Å². The molecule has 2 aromatic rings. The summed E-state index contributed by atoms with van der Waals surface area (Å²) in [5.41, 5.74) is 2.31. The highest BCUT2D eigenvalue weighted by atomic mass is 79.9. The molecule has 0 fully saturated rings. The second kappa shape index (κ2) is 5.83. The lowest BCUT2D eigenvalue weighted by Gasteiger charge is -2.16. The Morgan fingerprint density at radius 3 is 2.50 bits per heavy atom. The summed E-state index contributed by atoms with van der Waals surface area (Å²) >= 11 is 3.43. The molecule has 0 aliphatic carbocycles. The number of anilines is 1. The van der Waals surface area contributed by atoms with Crippen molar-refractivity contribution in [3.8, 4) is 0 Å². The Kier molecular flexibility index (Phi) is 4.15. The third-order valence-electron chi connectivity index (χ3n) is 2.68. The molecule has 92 valence electrons. The van der Waals surface area contributed by atoms with Gasteiger partial charge >= 0.3 is 0 Å². The van der Waals surface area contributed by atoms with Gasteiger partial charge in [0.05, 0.1) is 6.04 Å². The van der Waals surface area contributed by atoms with Crippen LogP contribution in [0.25, 0.3) is 0 Å². The van der Waals surface area contributed by atoms with Crippen LogP contribution in [0.1, 0.15) is 17.2 Å². The van der Waals surface area contributed by atoms with Crippen molar-refractivity contribution < 1.29 is 0 Å². The standard InChI is InChI=1S/C15H15BrN2/c1-3-14(12-5-7-13(16)8-6-12)18-15-9-4-11(2)10-17-15/h3-10,14H,1H2,2H3,(H,17,18). The molecule has 1 heterocycles. The zero-order valence-corrected chi connectivity index (χ0v) is 11.8. The third-order valence-corrected chi connectivity index (χ3v) is 3.21. The minimum atomic E-state index is 0.0632. The molecule has 0 saturated heterocycles. The number of aromatic nitrogens is 1. The van der Waals surface area contributed by atoms with Gasteiger partial charge in [0, 0.05) is 10.7 Å². The van der Waals surface area contributed by atoms with Gasteiger partial charge in [-0.25, -0.2) is 4.98 Å². The number of hydrogen-bond acceptors (Lipinski definition) is 2. The van der Waals surface area contributed by atoms with Crippen LogP contribution in [-0.4, -0.2) is 4.98 Å². The molecule has 0 aliphatic rings. The van der Waals surface area contributed by atoms with Crippen molar-refractivity contribution in [3.05, 3.63) is 70.8 Å². The van der Waals surface area contributed by atoms with E-state index in [0.29, 0.717) is 0 Å². The van der Waals surface area contributed by atoms with E-state index in [9.17, 15) is 0 Å². The molecule has 0 saturated carbocycles. The normalized spacial score (nSPS) is 11.9. The van der Waals surface area contributed by atoms with Gasteiger partial charge in [0.1, 0.15) is 5.82 Å². The Morgan fingerprint density at radius 1 is 1.22 bits per heavy atom. The topological polar surface area (TPSA) is 24.9 Å². The van der Waals surface area contributed by atoms with Crippen LogP contribution < -0.4 is 5.32 Å². The van der Waals surface area contributed by atoms with Crippen LogP contribution in [0.4, 0.5) is 5.82 Å². The molecule has 1 atom stereocenters. The molecule has 0 aliphatic heterocycles. The zero-order valence-electron chi connectivity index (χ0n) is 10.2. The van der Waals surface area contributed by atoms with Gasteiger partial charge < -0.3 is 5.32 Å². The average Bonchev–Trinajstić information content (AvgIpc) is 2.39. The summed E-state index contributed by atoms with van der Waals surface area (Å²) in [6.45, 7) is 5.90. The van der Waals surface area contributed by atoms with Gasteiger partial charge in [0.2, 0.25) is 0 Å². The number of nitrogens with one attached hydrogen (secondary N) is 1. The van der Waals surface area contributed by atoms with Crippen LogP contribution in [0.5, 0.6) is 0 Å². The van der Waals surface area contributed by atoms with Crippen LogP contribution in [0.2, 0.25) is 0 Å². The Balaban J connectivity index is 2.16. The van der Waals surface area contributed by atoms with Crippen molar-refractivity contribution in [3.63, 3.8) is 0 Å². The molecule has 0 bridgehead atoms. The first-order valence-electron chi connectivity index (χ1n) is 5.76. The summed E-state index contributed by atoms with van der Waals surface area (Å²) < 4.78 is 1.07. The highest BCUT2D eigenvalue weighted by molar-refractivity contribution is 9.10. The van der Waals surface area contributed by atoms with Gasteiger partial charge in [-0.1, -0.05) is 40.2 Å². The number of pyridine rings is 1. The molecular formula is C15H15BrN2. The zero-order chi connectivity index (χ0) is 13.0. The van der Waals surface area contributed by atoms with E-state index in [-0.39, 0.29) is 6.04 Å². The molecule has 0 radical (unpaired) electrons. The summed E-state index contributed by atoms with van der Waals surface area (Å²) in [5.74, 6) is 0.855. The minimum Gasteiger partial charge on any atom is -0.360 e. The van der Waals surface area contributed by atoms with Crippen molar-refractivity contribution in [2.24, 2.45) is 0 Å². The monoisotopic (exact) mass is 302 g/mol. The van der Waals surface area contributed by atoms with E-state index in [0.717, 1.165) is 21.4 Å². The van der Waals surface area contributed by atoms with Crippen molar-refractivity contribution in [2.75, 3.05) is 5.32 Å². The maximum Gasteiger partial charge on any atom is 0.126 e. The van der Waals surface area contributed by atoms with E-state index in [2.05, 4.69) is 44.9 Å². The first kappa shape index (κ1) is 12.8. The molecule has 1 unspecified atom stereocenters. The highest BCUT2D eigenvalue weighted by Crippen LogP contribution is 2.21.